The average molecular weight is 469 g/mol. The molecule has 0 aromatic carbocycles. The summed E-state index contributed by atoms with van der Waals surface area (Å²) >= 11 is 0. The Morgan fingerprint density at radius 3 is 2.44 bits per heavy atom. The number of nitrogens with one attached hydrogen (secondary N) is 1. The van der Waals surface area contributed by atoms with E-state index >= 15 is 0 Å². The first kappa shape index (κ1) is 22.9. The van der Waals surface area contributed by atoms with Crippen molar-refractivity contribution in [2.24, 2.45) is 10.9 Å². The Morgan fingerprint density at radius 2 is 1.84 bits per heavy atom. The first-order chi connectivity index (χ1) is 11.7. The second-order valence-electron chi connectivity index (χ2n) is 6.94. The summed E-state index contributed by atoms with van der Waals surface area (Å²) in [5, 5.41) is 3.42. The smallest absolute Gasteiger partial charge is 0.193 e. The van der Waals surface area contributed by atoms with Gasteiger partial charge in [0, 0.05) is 66.5 Å². The molecule has 6 nitrogen and oxygen atoms in total. The molecule has 25 heavy (non-hydrogen) atoms. The first-order valence-electron chi connectivity index (χ1n) is 9.39. The lowest BCUT2D eigenvalue weighted by atomic mass is 9.94. The highest BCUT2D eigenvalue weighted by molar-refractivity contribution is 14.0. The van der Waals surface area contributed by atoms with Gasteiger partial charge in [0.2, 0.25) is 0 Å². The SMILES string of the molecule is CCNC(=NCC1(OC)CCOCC1)N(C)CCC1CCOCC1.I. The van der Waals surface area contributed by atoms with E-state index in [1.807, 2.05) is 0 Å². The summed E-state index contributed by atoms with van der Waals surface area (Å²) in [6, 6.07) is 0. The molecular formula is C18H36IN3O3. The zero-order chi connectivity index (χ0) is 17.3. The number of ether oxygens (including phenoxy) is 3. The molecular weight excluding hydrogens is 433 g/mol. The van der Waals surface area contributed by atoms with Gasteiger partial charge in [-0.15, -0.1) is 24.0 Å². The van der Waals surface area contributed by atoms with Crippen LogP contribution in [-0.4, -0.2) is 76.7 Å². The highest BCUT2D eigenvalue weighted by atomic mass is 127. The van der Waals surface area contributed by atoms with Gasteiger partial charge in [-0.25, -0.2) is 0 Å². The van der Waals surface area contributed by atoms with Crippen LogP contribution in [0.25, 0.3) is 0 Å². The van der Waals surface area contributed by atoms with Crippen LogP contribution in [0.2, 0.25) is 0 Å². The van der Waals surface area contributed by atoms with Crippen molar-refractivity contribution in [1.29, 1.82) is 0 Å². The van der Waals surface area contributed by atoms with Crippen LogP contribution in [0.15, 0.2) is 4.99 Å². The minimum absolute atomic E-state index is 0. The molecule has 1 N–H and O–H groups in total. The van der Waals surface area contributed by atoms with Crippen molar-refractivity contribution in [1.82, 2.24) is 10.2 Å². The lowest BCUT2D eigenvalue weighted by Crippen LogP contribution is -2.44. The van der Waals surface area contributed by atoms with E-state index in [1.165, 1.54) is 19.3 Å². The molecule has 2 heterocycles. The van der Waals surface area contributed by atoms with E-state index in [1.54, 1.807) is 7.11 Å². The van der Waals surface area contributed by atoms with Gasteiger partial charge >= 0.3 is 0 Å². The summed E-state index contributed by atoms with van der Waals surface area (Å²) < 4.78 is 16.7. The van der Waals surface area contributed by atoms with E-state index in [4.69, 9.17) is 19.2 Å². The number of hydrogen-bond acceptors (Lipinski definition) is 4. The van der Waals surface area contributed by atoms with Crippen molar-refractivity contribution in [3.8, 4) is 0 Å². The van der Waals surface area contributed by atoms with Crippen molar-refractivity contribution in [3.63, 3.8) is 0 Å². The minimum atomic E-state index is -0.166. The molecule has 0 atom stereocenters. The van der Waals surface area contributed by atoms with Gasteiger partial charge in [-0.1, -0.05) is 0 Å². The third kappa shape index (κ3) is 7.56. The fourth-order valence-corrected chi connectivity index (χ4v) is 3.38. The number of rotatable bonds is 7. The van der Waals surface area contributed by atoms with Crippen LogP contribution in [0.3, 0.4) is 0 Å². The van der Waals surface area contributed by atoms with Gasteiger partial charge in [-0.2, -0.15) is 0 Å². The molecule has 2 saturated heterocycles. The number of guanidine groups is 1. The monoisotopic (exact) mass is 469 g/mol. The maximum Gasteiger partial charge on any atom is 0.193 e. The van der Waals surface area contributed by atoms with Gasteiger partial charge in [0.1, 0.15) is 0 Å². The summed E-state index contributed by atoms with van der Waals surface area (Å²) in [7, 11) is 3.92. The Labute approximate surface area is 170 Å². The molecule has 0 saturated carbocycles. The summed E-state index contributed by atoms with van der Waals surface area (Å²) in [6.45, 7) is 8.07. The lowest BCUT2D eigenvalue weighted by Gasteiger charge is -2.35. The predicted molar refractivity (Wildman–Crippen MR) is 112 cm³/mol. The molecule has 148 valence electrons. The molecule has 2 aliphatic rings. The molecule has 0 unspecified atom stereocenters. The second-order valence-corrected chi connectivity index (χ2v) is 6.94. The molecule has 2 aliphatic heterocycles. The molecule has 0 aromatic heterocycles. The Balaban J connectivity index is 0.00000312. The van der Waals surface area contributed by atoms with E-state index in [0.29, 0.717) is 6.54 Å². The molecule has 0 radical (unpaired) electrons. The van der Waals surface area contributed by atoms with Crippen LogP contribution in [0.5, 0.6) is 0 Å². The van der Waals surface area contributed by atoms with Gasteiger partial charge in [0.05, 0.1) is 12.1 Å². The number of halogens is 1. The highest BCUT2D eigenvalue weighted by Crippen LogP contribution is 2.25. The zero-order valence-electron chi connectivity index (χ0n) is 16.1. The first-order valence-corrected chi connectivity index (χ1v) is 9.39. The fraction of sp³-hybridized carbons (Fsp3) is 0.944. The van der Waals surface area contributed by atoms with Gasteiger partial charge in [0.25, 0.3) is 0 Å². The van der Waals surface area contributed by atoms with Crippen LogP contribution < -0.4 is 5.32 Å². The van der Waals surface area contributed by atoms with Crippen molar-refractivity contribution in [3.05, 3.63) is 0 Å². The summed E-state index contributed by atoms with van der Waals surface area (Å²) in [5.74, 6) is 1.76. The number of nitrogens with zero attached hydrogens (tertiary/aromatic N) is 2. The van der Waals surface area contributed by atoms with Crippen LogP contribution in [0.4, 0.5) is 0 Å². The molecule has 7 heteroatoms. The van der Waals surface area contributed by atoms with E-state index in [-0.39, 0.29) is 29.6 Å². The number of methoxy groups -OCH3 is 1. The average Bonchev–Trinajstić information content (AvgIpc) is 2.64. The molecule has 0 bridgehead atoms. The fourth-order valence-electron chi connectivity index (χ4n) is 3.38. The normalized spacial score (nSPS) is 21.5. The van der Waals surface area contributed by atoms with E-state index in [0.717, 1.165) is 64.2 Å². The topological polar surface area (TPSA) is 55.3 Å². The van der Waals surface area contributed by atoms with Crippen molar-refractivity contribution >= 4 is 29.9 Å². The van der Waals surface area contributed by atoms with Crippen molar-refractivity contribution < 1.29 is 14.2 Å². The number of aliphatic imine (C=N–C) groups is 1. The molecule has 0 amide bonds. The standard InChI is InChI=1S/C18H35N3O3.HI/c1-4-19-17(20-15-18(22-3)8-13-24-14-9-18)21(2)10-5-16-6-11-23-12-7-16;/h16H,4-15H2,1-3H3,(H,19,20);1H. The molecule has 0 spiro atoms. The van der Waals surface area contributed by atoms with E-state index in [2.05, 4.69) is 24.2 Å². The second kappa shape index (κ2) is 12.3. The third-order valence-corrected chi connectivity index (χ3v) is 5.26. The van der Waals surface area contributed by atoms with Crippen LogP contribution in [-0.2, 0) is 14.2 Å². The van der Waals surface area contributed by atoms with Crippen molar-refractivity contribution in [2.75, 3.05) is 60.2 Å². The summed E-state index contributed by atoms with van der Waals surface area (Å²) in [4.78, 5) is 7.12. The molecule has 2 rings (SSSR count). The minimum Gasteiger partial charge on any atom is -0.381 e. The zero-order valence-corrected chi connectivity index (χ0v) is 18.4. The third-order valence-electron chi connectivity index (χ3n) is 5.26. The van der Waals surface area contributed by atoms with Crippen LogP contribution >= 0.6 is 24.0 Å². The largest absolute Gasteiger partial charge is 0.381 e. The van der Waals surface area contributed by atoms with Gasteiger partial charge in [-0.05, 0) is 32.1 Å². The Bertz CT molecular complexity index is 384. The van der Waals surface area contributed by atoms with E-state index in [9.17, 15) is 0 Å². The lowest BCUT2D eigenvalue weighted by molar-refractivity contribution is -0.0829. The van der Waals surface area contributed by atoms with Gasteiger partial charge < -0.3 is 24.4 Å². The Hall–Kier alpha value is -0.120. The Kier molecular flexibility index (Phi) is 11.3. The summed E-state index contributed by atoms with van der Waals surface area (Å²) in [5.41, 5.74) is -0.166. The van der Waals surface area contributed by atoms with Gasteiger partial charge in [-0.3, -0.25) is 4.99 Å². The van der Waals surface area contributed by atoms with Crippen molar-refractivity contribution in [2.45, 2.75) is 44.6 Å². The molecule has 2 fully saturated rings. The Morgan fingerprint density at radius 1 is 1.20 bits per heavy atom. The quantitative estimate of drug-likeness (QED) is 0.353. The highest BCUT2D eigenvalue weighted by Gasteiger charge is 2.32. The number of hydrogen-bond donors (Lipinski definition) is 1. The molecule has 0 aliphatic carbocycles. The van der Waals surface area contributed by atoms with Crippen LogP contribution in [0, 0.1) is 5.92 Å². The maximum atomic E-state index is 5.79. The predicted octanol–water partition coefficient (Wildman–Crippen LogP) is 2.51. The summed E-state index contributed by atoms with van der Waals surface area (Å²) in [6.07, 6.45) is 5.41. The van der Waals surface area contributed by atoms with Gasteiger partial charge in [0.15, 0.2) is 5.96 Å². The van der Waals surface area contributed by atoms with E-state index < -0.39 is 0 Å². The van der Waals surface area contributed by atoms with Crippen LogP contribution in [0.1, 0.15) is 39.0 Å². The maximum absolute atomic E-state index is 5.79. The molecule has 0 aromatic rings.